The van der Waals surface area contributed by atoms with E-state index < -0.39 is 0 Å². The first-order valence-corrected chi connectivity index (χ1v) is 9.01. The summed E-state index contributed by atoms with van der Waals surface area (Å²) in [5, 5.41) is 2.98. The van der Waals surface area contributed by atoms with Crippen LogP contribution in [0.3, 0.4) is 0 Å². The minimum atomic E-state index is -0.339. The van der Waals surface area contributed by atoms with Crippen LogP contribution in [0.5, 0.6) is 5.75 Å². The van der Waals surface area contributed by atoms with Crippen molar-refractivity contribution in [3.63, 3.8) is 0 Å². The molecule has 1 fully saturated rings. The van der Waals surface area contributed by atoms with E-state index in [1.807, 2.05) is 25.1 Å². The number of carbonyl (C=O) groups is 2. The van der Waals surface area contributed by atoms with Gasteiger partial charge in [-0.15, -0.1) is 0 Å². The van der Waals surface area contributed by atoms with Gasteiger partial charge in [-0.2, -0.15) is 0 Å². The van der Waals surface area contributed by atoms with E-state index >= 15 is 0 Å². The quantitative estimate of drug-likeness (QED) is 0.853. The highest BCUT2D eigenvalue weighted by Crippen LogP contribution is 2.24. The maximum atomic E-state index is 12.6. The highest BCUT2D eigenvalue weighted by atomic mass is 16.6. The lowest BCUT2D eigenvalue weighted by Gasteiger charge is -2.31. The van der Waals surface area contributed by atoms with Crippen LogP contribution in [-0.2, 0) is 9.53 Å². The molecule has 0 aromatic heterocycles. The van der Waals surface area contributed by atoms with Gasteiger partial charge in [-0.1, -0.05) is 6.92 Å². The van der Waals surface area contributed by atoms with E-state index in [1.165, 1.54) is 0 Å². The second kappa shape index (κ2) is 9.30. The Labute approximate surface area is 149 Å². The number of benzene rings is 1. The van der Waals surface area contributed by atoms with Gasteiger partial charge in [-0.05, 0) is 56.9 Å². The van der Waals surface area contributed by atoms with E-state index in [-0.39, 0.29) is 17.9 Å². The van der Waals surface area contributed by atoms with Crippen molar-refractivity contribution in [2.45, 2.75) is 40.0 Å². The second-order valence-corrected chi connectivity index (χ2v) is 6.30. The molecule has 6 nitrogen and oxygen atoms in total. The fourth-order valence-corrected chi connectivity index (χ4v) is 2.89. The molecule has 1 heterocycles. The molecule has 1 aliphatic rings. The van der Waals surface area contributed by atoms with Crippen LogP contribution in [0.25, 0.3) is 0 Å². The van der Waals surface area contributed by atoms with Gasteiger partial charge in [0.15, 0.2) is 0 Å². The molecule has 1 atom stereocenters. The van der Waals surface area contributed by atoms with Crippen LogP contribution >= 0.6 is 0 Å². The fraction of sp³-hybridized carbons (Fsp3) is 0.579. The Hall–Kier alpha value is -2.24. The molecule has 0 saturated carbocycles. The summed E-state index contributed by atoms with van der Waals surface area (Å²) in [4.78, 5) is 26.1. The first-order chi connectivity index (χ1) is 12.0. The van der Waals surface area contributed by atoms with E-state index in [0.717, 1.165) is 36.3 Å². The zero-order valence-electron chi connectivity index (χ0n) is 15.3. The molecule has 25 heavy (non-hydrogen) atoms. The van der Waals surface area contributed by atoms with E-state index in [9.17, 15) is 9.59 Å². The van der Waals surface area contributed by atoms with E-state index in [0.29, 0.717) is 26.3 Å². The molecule has 6 heteroatoms. The molecule has 0 bridgehead atoms. The molecule has 1 saturated heterocycles. The van der Waals surface area contributed by atoms with Crippen molar-refractivity contribution >= 4 is 17.7 Å². The Bertz CT molecular complexity index is 603. The Morgan fingerprint density at radius 3 is 2.80 bits per heavy atom. The van der Waals surface area contributed by atoms with Crippen molar-refractivity contribution in [3.05, 3.63) is 23.8 Å². The van der Waals surface area contributed by atoms with Crippen LogP contribution in [0.2, 0.25) is 0 Å². The van der Waals surface area contributed by atoms with Gasteiger partial charge in [0.05, 0.1) is 19.1 Å². The third-order valence-corrected chi connectivity index (χ3v) is 4.25. The fourth-order valence-electron chi connectivity index (χ4n) is 2.89. The second-order valence-electron chi connectivity index (χ2n) is 6.30. The van der Waals surface area contributed by atoms with Crippen LogP contribution in [0, 0.1) is 12.8 Å². The summed E-state index contributed by atoms with van der Waals surface area (Å²) in [6.07, 6.45) is 2.20. The number of rotatable bonds is 6. The average Bonchev–Trinajstić information content (AvgIpc) is 2.62. The molecule has 1 N–H and O–H groups in total. The highest BCUT2D eigenvalue weighted by Gasteiger charge is 2.29. The first-order valence-electron chi connectivity index (χ1n) is 9.01. The summed E-state index contributed by atoms with van der Waals surface area (Å²) in [5.41, 5.74) is 1.74. The van der Waals surface area contributed by atoms with Crippen molar-refractivity contribution in [2.24, 2.45) is 5.92 Å². The minimum Gasteiger partial charge on any atom is -0.494 e. The molecule has 1 unspecified atom stereocenters. The largest absolute Gasteiger partial charge is 0.494 e. The molecular formula is C19H28N2O4. The summed E-state index contributed by atoms with van der Waals surface area (Å²) >= 11 is 0. The Morgan fingerprint density at radius 1 is 1.32 bits per heavy atom. The monoisotopic (exact) mass is 348 g/mol. The van der Waals surface area contributed by atoms with Gasteiger partial charge in [-0.25, -0.2) is 4.79 Å². The Morgan fingerprint density at radius 2 is 2.12 bits per heavy atom. The van der Waals surface area contributed by atoms with Gasteiger partial charge in [0.25, 0.3) is 0 Å². The number of amides is 2. The number of nitrogens with zero attached hydrogens (tertiary/aromatic N) is 1. The number of carbonyl (C=O) groups excluding carboxylic acids is 2. The van der Waals surface area contributed by atoms with Crippen molar-refractivity contribution in [1.29, 1.82) is 0 Å². The number of piperidine rings is 1. The molecule has 0 aliphatic carbocycles. The van der Waals surface area contributed by atoms with Crippen molar-refractivity contribution in [1.82, 2.24) is 4.90 Å². The molecule has 0 radical (unpaired) electrons. The van der Waals surface area contributed by atoms with Crippen molar-refractivity contribution < 1.29 is 19.1 Å². The van der Waals surface area contributed by atoms with Gasteiger partial charge < -0.3 is 19.7 Å². The summed E-state index contributed by atoms with van der Waals surface area (Å²) in [6.45, 7) is 7.86. The number of aryl methyl sites for hydroxylation is 1. The summed E-state index contributed by atoms with van der Waals surface area (Å²) in [7, 11) is 0. The molecule has 2 rings (SSSR count). The number of nitrogens with one attached hydrogen (secondary N) is 1. The van der Waals surface area contributed by atoms with Gasteiger partial charge >= 0.3 is 6.09 Å². The van der Waals surface area contributed by atoms with Gasteiger partial charge in [0, 0.05) is 18.8 Å². The van der Waals surface area contributed by atoms with Crippen LogP contribution < -0.4 is 10.1 Å². The van der Waals surface area contributed by atoms with E-state index in [2.05, 4.69) is 12.2 Å². The first kappa shape index (κ1) is 19.1. The zero-order valence-corrected chi connectivity index (χ0v) is 15.3. The van der Waals surface area contributed by atoms with Crippen LogP contribution in [-0.4, -0.2) is 43.2 Å². The van der Waals surface area contributed by atoms with E-state index in [1.54, 1.807) is 11.8 Å². The number of anilines is 1. The lowest BCUT2D eigenvalue weighted by Crippen LogP contribution is -2.44. The van der Waals surface area contributed by atoms with Gasteiger partial charge in [-0.3, -0.25) is 4.79 Å². The topological polar surface area (TPSA) is 67.9 Å². The van der Waals surface area contributed by atoms with Crippen LogP contribution in [0.4, 0.5) is 10.5 Å². The SMILES string of the molecule is CCCOc1ccc(NC(=O)C2CCCN(C(=O)OCC)C2)c(C)c1. The maximum Gasteiger partial charge on any atom is 0.409 e. The Kier molecular flexibility index (Phi) is 7.10. The van der Waals surface area contributed by atoms with Gasteiger partial charge in [0.2, 0.25) is 5.91 Å². The molecule has 0 spiro atoms. The number of hydrogen-bond donors (Lipinski definition) is 1. The summed E-state index contributed by atoms with van der Waals surface area (Å²) < 4.78 is 10.6. The maximum absolute atomic E-state index is 12.6. The highest BCUT2D eigenvalue weighted by molar-refractivity contribution is 5.93. The van der Waals surface area contributed by atoms with Crippen molar-refractivity contribution in [3.8, 4) is 5.75 Å². The van der Waals surface area contributed by atoms with Crippen molar-refractivity contribution in [2.75, 3.05) is 31.6 Å². The normalized spacial score (nSPS) is 17.1. The standard InChI is InChI=1S/C19H28N2O4/c1-4-11-25-16-8-9-17(14(3)12-16)20-18(22)15-7-6-10-21(13-15)19(23)24-5-2/h8-9,12,15H,4-7,10-11,13H2,1-3H3,(H,20,22). The Balaban J connectivity index is 1.95. The number of ether oxygens (including phenoxy) is 2. The lowest BCUT2D eigenvalue weighted by atomic mass is 9.97. The van der Waals surface area contributed by atoms with E-state index in [4.69, 9.17) is 9.47 Å². The molecule has 1 aliphatic heterocycles. The predicted molar refractivity (Wildman–Crippen MR) is 96.9 cm³/mol. The summed E-state index contributed by atoms with van der Waals surface area (Å²) in [6, 6.07) is 5.66. The van der Waals surface area contributed by atoms with Gasteiger partial charge in [0.1, 0.15) is 5.75 Å². The molecule has 1 aromatic rings. The molecule has 2 amide bonds. The molecular weight excluding hydrogens is 320 g/mol. The smallest absolute Gasteiger partial charge is 0.409 e. The number of likely N-dealkylation sites (tertiary alicyclic amines) is 1. The number of hydrogen-bond acceptors (Lipinski definition) is 4. The summed E-state index contributed by atoms with van der Waals surface area (Å²) in [5.74, 6) is 0.538. The minimum absolute atomic E-state index is 0.0562. The third kappa shape index (κ3) is 5.37. The van der Waals surface area contributed by atoms with Crippen LogP contribution in [0.1, 0.15) is 38.7 Å². The third-order valence-electron chi connectivity index (χ3n) is 4.25. The zero-order chi connectivity index (χ0) is 18.2. The van der Waals surface area contributed by atoms with Crippen LogP contribution in [0.15, 0.2) is 18.2 Å². The molecule has 138 valence electrons. The average molecular weight is 348 g/mol. The predicted octanol–water partition coefficient (Wildman–Crippen LogP) is 3.59. The molecule has 1 aromatic carbocycles. The lowest BCUT2D eigenvalue weighted by molar-refractivity contribution is -0.121.